The molecule has 20 heavy (non-hydrogen) atoms. The van der Waals surface area contributed by atoms with Crippen LogP contribution in [0.15, 0.2) is 24.5 Å². The molecule has 1 aliphatic rings. The Hall–Kier alpha value is -2.24. The number of likely N-dealkylation sites (tertiary alicyclic amines) is 1. The van der Waals surface area contributed by atoms with Crippen LogP contribution < -0.4 is 0 Å². The van der Waals surface area contributed by atoms with Crippen LogP contribution in [0.25, 0.3) is 6.08 Å². The largest absolute Gasteiger partial charge is 0.480 e. The van der Waals surface area contributed by atoms with Crippen molar-refractivity contribution in [1.29, 1.82) is 0 Å². The quantitative estimate of drug-likeness (QED) is 0.854. The summed E-state index contributed by atoms with van der Waals surface area (Å²) >= 11 is 0. The van der Waals surface area contributed by atoms with E-state index in [9.17, 15) is 14.0 Å². The zero-order chi connectivity index (χ0) is 14.5. The average molecular weight is 278 g/mol. The van der Waals surface area contributed by atoms with E-state index in [1.165, 1.54) is 29.3 Å². The molecule has 1 aromatic heterocycles. The van der Waals surface area contributed by atoms with Gasteiger partial charge in [-0.15, -0.1) is 0 Å². The van der Waals surface area contributed by atoms with E-state index in [-0.39, 0.29) is 5.91 Å². The van der Waals surface area contributed by atoms with Gasteiger partial charge >= 0.3 is 5.97 Å². The Morgan fingerprint density at radius 3 is 2.90 bits per heavy atom. The molecule has 0 saturated carbocycles. The fourth-order valence-corrected chi connectivity index (χ4v) is 2.23. The zero-order valence-corrected chi connectivity index (χ0v) is 10.8. The lowest BCUT2D eigenvalue weighted by Gasteiger charge is -2.32. The number of rotatable bonds is 3. The van der Waals surface area contributed by atoms with Crippen molar-refractivity contribution in [1.82, 2.24) is 9.88 Å². The van der Waals surface area contributed by atoms with Crippen molar-refractivity contribution in [3.63, 3.8) is 0 Å². The first-order valence-electron chi connectivity index (χ1n) is 6.40. The molecule has 6 heteroatoms. The molecule has 0 aliphatic carbocycles. The summed E-state index contributed by atoms with van der Waals surface area (Å²) in [5, 5.41) is 9.10. The Labute approximate surface area is 115 Å². The summed E-state index contributed by atoms with van der Waals surface area (Å²) in [6, 6.07) is 0.480. The van der Waals surface area contributed by atoms with Crippen molar-refractivity contribution in [3.05, 3.63) is 35.9 Å². The molecule has 1 atom stereocenters. The Bertz CT molecular complexity index is 545. The number of carbonyl (C=O) groups excluding carboxylic acids is 1. The van der Waals surface area contributed by atoms with Crippen LogP contribution in [0, 0.1) is 5.82 Å². The van der Waals surface area contributed by atoms with Crippen molar-refractivity contribution in [2.75, 3.05) is 6.54 Å². The molecule has 2 heterocycles. The second kappa shape index (κ2) is 6.27. The number of amides is 1. The molecule has 1 aliphatic heterocycles. The standard InChI is InChI=1S/C14H15FN2O3/c15-11-7-10(8-16-9-11)4-5-13(18)17-6-2-1-3-12(17)14(19)20/h4-5,7-9,12H,1-3,6H2,(H,19,20)/b5-4+. The molecule has 0 spiro atoms. The van der Waals surface area contributed by atoms with Crippen LogP contribution in [-0.4, -0.2) is 39.5 Å². The minimum atomic E-state index is -0.987. The fourth-order valence-electron chi connectivity index (χ4n) is 2.23. The van der Waals surface area contributed by atoms with E-state index in [0.717, 1.165) is 19.0 Å². The summed E-state index contributed by atoms with van der Waals surface area (Å²) in [7, 11) is 0. The summed E-state index contributed by atoms with van der Waals surface area (Å²) in [6.07, 6.45) is 7.27. The first kappa shape index (κ1) is 14.2. The number of halogens is 1. The molecule has 1 amide bonds. The van der Waals surface area contributed by atoms with Crippen LogP contribution in [0.3, 0.4) is 0 Å². The monoisotopic (exact) mass is 278 g/mol. The SMILES string of the molecule is O=C(O)C1CCCCN1C(=O)/C=C/c1cncc(F)c1. The van der Waals surface area contributed by atoms with Crippen molar-refractivity contribution in [3.8, 4) is 0 Å². The van der Waals surface area contributed by atoms with Gasteiger partial charge in [0, 0.05) is 18.8 Å². The van der Waals surface area contributed by atoms with E-state index in [2.05, 4.69) is 4.98 Å². The number of hydrogen-bond acceptors (Lipinski definition) is 3. The van der Waals surface area contributed by atoms with Crippen molar-refractivity contribution in [2.45, 2.75) is 25.3 Å². The lowest BCUT2D eigenvalue weighted by molar-refractivity contribution is -0.150. The number of nitrogens with zero attached hydrogens (tertiary/aromatic N) is 2. The summed E-state index contributed by atoms with van der Waals surface area (Å²) in [6.45, 7) is 0.432. The van der Waals surface area contributed by atoms with Gasteiger partial charge in [0.2, 0.25) is 5.91 Å². The molecule has 0 aromatic carbocycles. The predicted octanol–water partition coefficient (Wildman–Crippen LogP) is 1.70. The summed E-state index contributed by atoms with van der Waals surface area (Å²) < 4.78 is 12.9. The highest BCUT2D eigenvalue weighted by atomic mass is 19.1. The van der Waals surface area contributed by atoms with Crippen LogP contribution in [0.2, 0.25) is 0 Å². The van der Waals surface area contributed by atoms with Gasteiger partial charge in [-0.3, -0.25) is 9.78 Å². The lowest BCUT2D eigenvalue weighted by atomic mass is 10.0. The smallest absolute Gasteiger partial charge is 0.326 e. The van der Waals surface area contributed by atoms with E-state index in [4.69, 9.17) is 5.11 Å². The normalized spacial score (nSPS) is 19.2. The predicted molar refractivity (Wildman–Crippen MR) is 70.2 cm³/mol. The first-order chi connectivity index (χ1) is 9.58. The molecule has 1 N–H and O–H groups in total. The van der Waals surface area contributed by atoms with Gasteiger partial charge < -0.3 is 10.0 Å². The zero-order valence-electron chi connectivity index (χ0n) is 10.8. The minimum absolute atomic E-state index is 0.374. The van der Waals surface area contributed by atoms with Crippen LogP contribution in [0.1, 0.15) is 24.8 Å². The Kier molecular flexibility index (Phi) is 4.45. The third-order valence-electron chi connectivity index (χ3n) is 3.22. The van der Waals surface area contributed by atoms with Gasteiger partial charge in [0.15, 0.2) is 0 Å². The Balaban J connectivity index is 2.08. The highest BCUT2D eigenvalue weighted by Gasteiger charge is 2.30. The maximum absolute atomic E-state index is 12.9. The number of piperidine rings is 1. The van der Waals surface area contributed by atoms with Crippen LogP contribution in [-0.2, 0) is 9.59 Å². The topological polar surface area (TPSA) is 70.5 Å². The maximum Gasteiger partial charge on any atom is 0.326 e. The number of aromatic nitrogens is 1. The Morgan fingerprint density at radius 1 is 1.40 bits per heavy atom. The third kappa shape index (κ3) is 3.40. The summed E-state index contributed by atoms with van der Waals surface area (Å²) in [5.74, 6) is -1.85. The van der Waals surface area contributed by atoms with Gasteiger partial charge in [-0.05, 0) is 37.0 Å². The molecule has 0 radical (unpaired) electrons. The van der Waals surface area contributed by atoms with Gasteiger partial charge in [-0.25, -0.2) is 9.18 Å². The van der Waals surface area contributed by atoms with Gasteiger partial charge in [0.1, 0.15) is 11.9 Å². The fraction of sp³-hybridized carbons (Fsp3) is 0.357. The van der Waals surface area contributed by atoms with Gasteiger partial charge in [0.05, 0.1) is 6.20 Å². The van der Waals surface area contributed by atoms with Crippen LogP contribution in [0.4, 0.5) is 4.39 Å². The first-order valence-corrected chi connectivity index (χ1v) is 6.40. The summed E-state index contributed by atoms with van der Waals surface area (Å²) in [5.41, 5.74) is 0.460. The molecule has 1 unspecified atom stereocenters. The van der Waals surface area contributed by atoms with Crippen molar-refractivity contribution >= 4 is 18.0 Å². The van der Waals surface area contributed by atoms with Crippen molar-refractivity contribution in [2.24, 2.45) is 0 Å². The molecule has 1 aromatic rings. The molecular formula is C14H15FN2O3. The van der Waals surface area contributed by atoms with Crippen LogP contribution >= 0.6 is 0 Å². The number of hydrogen-bond donors (Lipinski definition) is 1. The van der Waals surface area contributed by atoms with Gasteiger partial charge in [-0.2, -0.15) is 0 Å². The molecule has 106 valence electrons. The number of carbonyl (C=O) groups is 2. The minimum Gasteiger partial charge on any atom is -0.480 e. The van der Waals surface area contributed by atoms with Crippen molar-refractivity contribution < 1.29 is 19.1 Å². The van der Waals surface area contributed by atoms with E-state index < -0.39 is 17.8 Å². The second-order valence-corrected chi connectivity index (χ2v) is 4.65. The summed E-state index contributed by atoms with van der Waals surface area (Å²) in [4.78, 5) is 28.2. The van der Waals surface area contributed by atoms with E-state index in [1.54, 1.807) is 0 Å². The second-order valence-electron chi connectivity index (χ2n) is 4.65. The highest BCUT2D eigenvalue weighted by molar-refractivity contribution is 5.94. The molecule has 1 saturated heterocycles. The number of pyridine rings is 1. The van der Waals surface area contributed by atoms with E-state index in [0.29, 0.717) is 18.5 Å². The molecule has 0 bridgehead atoms. The molecule has 2 rings (SSSR count). The average Bonchev–Trinajstić information content (AvgIpc) is 2.45. The third-order valence-corrected chi connectivity index (χ3v) is 3.22. The molecule has 1 fully saturated rings. The van der Waals surface area contributed by atoms with Gasteiger partial charge in [0.25, 0.3) is 0 Å². The van der Waals surface area contributed by atoms with Gasteiger partial charge in [-0.1, -0.05) is 0 Å². The molecular weight excluding hydrogens is 263 g/mol. The molecule has 5 nitrogen and oxygen atoms in total. The maximum atomic E-state index is 12.9. The number of carboxylic acid groups (broad SMARTS) is 1. The lowest BCUT2D eigenvalue weighted by Crippen LogP contribution is -2.47. The number of carboxylic acids is 1. The highest BCUT2D eigenvalue weighted by Crippen LogP contribution is 2.18. The number of aliphatic carboxylic acids is 1. The Morgan fingerprint density at radius 2 is 2.20 bits per heavy atom. The van der Waals surface area contributed by atoms with Crippen LogP contribution in [0.5, 0.6) is 0 Å². The van der Waals surface area contributed by atoms with E-state index in [1.807, 2.05) is 0 Å². The van der Waals surface area contributed by atoms with E-state index >= 15 is 0 Å².